The van der Waals surface area contributed by atoms with Crippen molar-refractivity contribution in [2.24, 2.45) is 11.3 Å². The van der Waals surface area contributed by atoms with Gasteiger partial charge in [-0.1, -0.05) is 67.3 Å². The second kappa shape index (κ2) is 14.3. The Morgan fingerprint density at radius 3 is 2.50 bits per heavy atom. The van der Waals surface area contributed by atoms with Crippen LogP contribution < -0.4 is 10.6 Å². The minimum Gasteiger partial charge on any atom is -0.350 e. The lowest BCUT2D eigenvalue weighted by atomic mass is 9.63. The predicted octanol–water partition coefficient (Wildman–Crippen LogP) is 5.46. The number of carbonyl (C=O) groups is 1. The molecule has 0 unspecified atom stereocenters. The fraction of sp³-hybridized carbons (Fsp3) is 0.545. The van der Waals surface area contributed by atoms with E-state index < -0.39 is 0 Å². The number of piperidine rings is 1. The van der Waals surface area contributed by atoms with Crippen LogP contribution in [-0.2, 0) is 30.7 Å². The summed E-state index contributed by atoms with van der Waals surface area (Å²) < 4.78 is 2.06. The zero-order chi connectivity index (χ0) is 28.1. The number of carbonyl (C=O) groups excluding carboxylic acids is 1. The summed E-state index contributed by atoms with van der Waals surface area (Å²) in [6, 6.07) is 16.3. The van der Waals surface area contributed by atoms with Crippen molar-refractivity contribution >= 4 is 29.9 Å². The largest absolute Gasteiger partial charge is 0.350 e. The molecule has 0 bridgehead atoms. The summed E-state index contributed by atoms with van der Waals surface area (Å²) in [6.45, 7) is 4.64. The first-order chi connectivity index (χ1) is 20.1. The summed E-state index contributed by atoms with van der Waals surface area (Å²) >= 11 is 6.18. The van der Waals surface area contributed by atoms with E-state index in [2.05, 4.69) is 66.7 Å². The number of hydrogen-bond donors (Lipinski definition) is 2. The van der Waals surface area contributed by atoms with Gasteiger partial charge in [0, 0.05) is 30.7 Å². The van der Waals surface area contributed by atoms with Crippen molar-refractivity contribution in [1.29, 1.82) is 0 Å². The lowest BCUT2D eigenvalue weighted by Gasteiger charge is -2.48. The van der Waals surface area contributed by atoms with E-state index in [9.17, 15) is 4.79 Å². The molecule has 3 heterocycles. The summed E-state index contributed by atoms with van der Waals surface area (Å²) in [6.07, 6.45) is 14.1. The third-order valence-electron chi connectivity index (χ3n) is 9.88. The summed E-state index contributed by atoms with van der Waals surface area (Å²) in [5, 5.41) is 12.1. The Balaban J connectivity index is 0.00000353. The third-order valence-corrected chi connectivity index (χ3v) is 10.1. The van der Waals surface area contributed by atoms with E-state index in [1.54, 1.807) is 6.33 Å². The molecular weight excluding hydrogens is 567 g/mol. The molecule has 2 N–H and O–H groups in total. The third kappa shape index (κ3) is 7.54. The van der Waals surface area contributed by atoms with Gasteiger partial charge >= 0.3 is 0 Å². The molecule has 2 aromatic carbocycles. The maximum absolute atomic E-state index is 13.6. The summed E-state index contributed by atoms with van der Waals surface area (Å²) in [5.74, 6) is 0.852. The average molecular weight is 612 g/mol. The number of fused-ring (bicyclic) bond motifs is 1. The standard InChI is InChI=1S/C33H43ClN6O.ClH/c34-29-12-10-25(11-13-29)18-30(38-32(41)31-19-26-6-4-5-7-27(26)20-36-31)21-39-16-14-33(15-17-39,22-40-24-35-23-37-40)28-8-2-1-3-9-28;/h4-7,10-13,23-24,28,30-31,36H,1-3,8-9,14-22H2,(H,38,41);1H/t30-,31-;/m0./s1. The van der Waals surface area contributed by atoms with E-state index in [1.807, 2.05) is 18.5 Å². The van der Waals surface area contributed by atoms with Crippen molar-refractivity contribution in [2.75, 3.05) is 19.6 Å². The number of rotatable bonds is 9. The smallest absolute Gasteiger partial charge is 0.237 e. The van der Waals surface area contributed by atoms with Crippen LogP contribution in [0.4, 0.5) is 0 Å². The van der Waals surface area contributed by atoms with Gasteiger partial charge in [0.2, 0.25) is 5.91 Å². The van der Waals surface area contributed by atoms with Crippen LogP contribution in [0.2, 0.25) is 5.02 Å². The van der Waals surface area contributed by atoms with Crippen LogP contribution in [0.15, 0.2) is 61.2 Å². The van der Waals surface area contributed by atoms with Crippen molar-refractivity contribution in [1.82, 2.24) is 30.3 Å². The van der Waals surface area contributed by atoms with E-state index in [-0.39, 0.29) is 35.8 Å². The topological polar surface area (TPSA) is 75.1 Å². The monoisotopic (exact) mass is 610 g/mol. The highest BCUT2D eigenvalue weighted by Gasteiger charge is 2.42. The maximum Gasteiger partial charge on any atom is 0.237 e. The minimum atomic E-state index is -0.208. The van der Waals surface area contributed by atoms with Crippen molar-refractivity contribution < 1.29 is 4.79 Å². The highest BCUT2D eigenvalue weighted by Crippen LogP contribution is 2.47. The van der Waals surface area contributed by atoms with E-state index in [1.165, 1.54) is 61.6 Å². The van der Waals surface area contributed by atoms with Gasteiger partial charge in [-0.15, -0.1) is 12.4 Å². The molecule has 42 heavy (non-hydrogen) atoms. The number of hydrogen-bond acceptors (Lipinski definition) is 5. The van der Waals surface area contributed by atoms with Gasteiger partial charge in [-0.3, -0.25) is 9.48 Å². The van der Waals surface area contributed by atoms with Gasteiger partial charge in [0.1, 0.15) is 12.7 Å². The van der Waals surface area contributed by atoms with Gasteiger partial charge in [-0.2, -0.15) is 5.10 Å². The molecule has 1 aromatic heterocycles. The highest BCUT2D eigenvalue weighted by molar-refractivity contribution is 6.30. The minimum absolute atomic E-state index is 0. The molecule has 1 amide bonds. The van der Waals surface area contributed by atoms with Gasteiger partial charge < -0.3 is 15.5 Å². The zero-order valence-electron chi connectivity index (χ0n) is 24.4. The summed E-state index contributed by atoms with van der Waals surface area (Å²) in [7, 11) is 0. The summed E-state index contributed by atoms with van der Waals surface area (Å²) in [4.78, 5) is 20.4. The van der Waals surface area contributed by atoms with E-state index >= 15 is 0 Å². The molecule has 1 saturated heterocycles. The van der Waals surface area contributed by atoms with Gasteiger partial charge in [-0.25, -0.2) is 4.98 Å². The second-order valence-corrected chi connectivity index (χ2v) is 13.0. The van der Waals surface area contributed by atoms with Gasteiger partial charge in [0.25, 0.3) is 0 Å². The van der Waals surface area contributed by atoms with Gasteiger partial charge in [0.05, 0.1) is 6.04 Å². The fourth-order valence-corrected chi connectivity index (χ4v) is 7.67. The number of likely N-dealkylation sites (tertiary alicyclic amines) is 1. The van der Waals surface area contributed by atoms with E-state index in [0.29, 0.717) is 0 Å². The first-order valence-corrected chi connectivity index (χ1v) is 15.8. The number of nitrogens with one attached hydrogen (secondary N) is 2. The number of nitrogens with zero attached hydrogens (tertiary/aromatic N) is 4. The molecule has 6 rings (SSSR count). The second-order valence-electron chi connectivity index (χ2n) is 12.5. The zero-order valence-corrected chi connectivity index (χ0v) is 26.0. The number of amides is 1. The normalized spacial score (nSPS) is 21.6. The molecule has 3 aromatic rings. The molecule has 226 valence electrons. The van der Waals surface area contributed by atoms with Gasteiger partial charge in [0.15, 0.2) is 0 Å². The van der Waals surface area contributed by atoms with Crippen molar-refractivity contribution in [3.8, 4) is 0 Å². The number of aromatic nitrogens is 3. The van der Waals surface area contributed by atoms with Crippen LogP contribution in [0.25, 0.3) is 0 Å². The van der Waals surface area contributed by atoms with Crippen LogP contribution >= 0.6 is 24.0 Å². The molecular formula is C33H44Cl2N6O. The predicted molar refractivity (Wildman–Crippen MR) is 170 cm³/mol. The summed E-state index contributed by atoms with van der Waals surface area (Å²) in [5.41, 5.74) is 4.03. The molecule has 1 saturated carbocycles. The molecule has 9 heteroatoms. The fourth-order valence-electron chi connectivity index (χ4n) is 7.55. The first kappa shape index (κ1) is 31.0. The van der Waals surface area contributed by atoms with Crippen molar-refractivity contribution in [3.05, 3.63) is 82.9 Å². The van der Waals surface area contributed by atoms with Crippen LogP contribution in [0.5, 0.6) is 0 Å². The quantitative estimate of drug-likeness (QED) is 0.337. The Labute approximate surface area is 261 Å². The molecule has 1 aliphatic carbocycles. The molecule has 0 spiro atoms. The van der Waals surface area contributed by atoms with Crippen LogP contribution in [0.3, 0.4) is 0 Å². The van der Waals surface area contributed by atoms with Crippen molar-refractivity contribution in [3.63, 3.8) is 0 Å². The highest BCUT2D eigenvalue weighted by atomic mass is 35.5. The lowest BCUT2D eigenvalue weighted by molar-refractivity contribution is -0.124. The molecule has 2 aliphatic heterocycles. The van der Waals surface area contributed by atoms with Gasteiger partial charge in [-0.05, 0) is 91.8 Å². The average Bonchev–Trinajstić information content (AvgIpc) is 3.52. The van der Waals surface area contributed by atoms with Crippen LogP contribution in [0, 0.1) is 11.3 Å². The Kier molecular flexibility index (Phi) is 10.6. The Bertz CT molecular complexity index is 1270. The number of halogens is 2. The molecule has 2 atom stereocenters. The molecule has 0 radical (unpaired) electrons. The maximum atomic E-state index is 13.6. The molecule has 7 nitrogen and oxygen atoms in total. The first-order valence-electron chi connectivity index (χ1n) is 15.5. The van der Waals surface area contributed by atoms with Crippen LogP contribution in [0.1, 0.15) is 61.6 Å². The van der Waals surface area contributed by atoms with Crippen LogP contribution in [-0.4, -0.2) is 57.3 Å². The van der Waals surface area contributed by atoms with E-state index in [0.717, 1.165) is 56.5 Å². The molecule has 3 aliphatic rings. The Hall–Kier alpha value is -2.45. The SMILES string of the molecule is Cl.O=C(N[C@@H](Cc1ccc(Cl)cc1)CN1CCC(Cn2cncn2)(C2CCCCC2)CC1)[C@@H]1Cc2ccccc2CN1. The number of benzene rings is 2. The van der Waals surface area contributed by atoms with Crippen molar-refractivity contribution in [2.45, 2.75) is 83.0 Å². The Morgan fingerprint density at radius 2 is 1.79 bits per heavy atom. The lowest BCUT2D eigenvalue weighted by Crippen LogP contribution is -2.55. The Morgan fingerprint density at radius 1 is 1.05 bits per heavy atom. The molecule has 2 fully saturated rings. The van der Waals surface area contributed by atoms with E-state index in [4.69, 9.17) is 11.6 Å².